The maximum Gasteiger partial charge on any atom is 0.331 e. The number of esters is 1. The van der Waals surface area contributed by atoms with Crippen molar-refractivity contribution in [2.45, 2.75) is 25.9 Å². The highest BCUT2D eigenvalue weighted by atomic mass is 16.5. The van der Waals surface area contributed by atoms with Crippen LogP contribution in [0.4, 0.5) is 0 Å². The minimum Gasteiger partial charge on any atom is -0.454 e. The molecule has 108 valence electrons. The van der Waals surface area contributed by atoms with Crippen molar-refractivity contribution in [3.05, 3.63) is 65.8 Å². The van der Waals surface area contributed by atoms with E-state index in [1.807, 2.05) is 37.3 Å². The van der Waals surface area contributed by atoms with E-state index in [-0.39, 0.29) is 12.2 Å². The smallest absolute Gasteiger partial charge is 0.331 e. The summed E-state index contributed by atoms with van der Waals surface area (Å²) in [4.78, 5) is 23.7. The van der Waals surface area contributed by atoms with E-state index < -0.39 is 12.1 Å². The molecule has 0 radical (unpaired) electrons. The summed E-state index contributed by atoms with van der Waals surface area (Å²) in [5.74, 6) is -0.395. The van der Waals surface area contributed by atoms with E-state index in [0.29, 0.717) is 6.42 Å². The third-order valence-corrected chi connectivity index (χ3v) is 3.48. The third kappa shape index (κ3) is 3.78. The SMILES string of the molecule is C=CCC1=C(C)C(OC(=O)C=Cc2ccccc2)CC1=O. The Morgan fingerprint density at radius 2 is 2.10 bits per heavy atom. The first kappa shape index (κ1) is 15.0. The Morgan fingerprint density at radius 1 is 1.38 bits per heavy atom. The van der Waals surface area contributed by atoms with Gasteiger partial charge in [0, 0.05) is 11.6 Å². The monoisotopic (exact) mass is 282 g/mol. The fourth-order valence-electron chi connectivity index (χ4n) is 2.32. The van der Waals surface area contributed by atoms with Crippen LogP contribution in [0, 0.1) is 0 Å². The van der Waals surface area contributed by atoms with Crippen LogP contribution in [-0.4, -0.2) is 17.9 Å². The maximum absolute atomic E-state index is 11.8. The van der Waals surface area contributed by atoms with E-state index in [1.165, 1.54) is 6.08 Å². The first-order valence-electron chi connectivity index (χ1n) is 6.89. The molecule has 21 heavy (non-hydrogen) atoms. The highest BCUT2D eigenvalue weighted by molar-refractivity contribution is 6.00. The van der Waals surface area contributed by atoms with Crippen molar-refractivity contribution in [1.29, 1.82) is 0 Å². The second-order valence-electron chi connectivity index (χ2n) is 4.95. The van der Waals surface area contributed by atoms with E-state index in [9.17, 15) is 9.59 Å². The van der Waals surface area contributed by atoms with Gasteiger partial charge in [0.15, 0.2) is 5.78 Å². The van der Waals surface area contributed by atoms with Crippen molar-refractivity contribution >= 4 is 17.8 Å². The molecule has 3 nitrogen and oxygen atoms in total. The fraction of sp³-hybridized carbons (Fsp3) is 0.222. The minimum atomic E-state index is -0.444. The molecule has 1 atom stereocenters. The zero-order valence-corrected chi connectivity index (χ0v) is 12.0. The van der Waals surface area contributed by atoms with Crippen LogP contribution in [0.25, 0.3) is 6.08 Å². The van der Waals surface area contributed by atoms with Crippen molar-refractivity contribution in [3.8, 4) is 0 Å². The highest BCUT2D eigenvalue weighted by Gasteiger charge is 2.30. The van der Waals surface area contributed by atoms with Crippen molar-refractivity contribution in [3.63, 3.8) is 0 Å². The molecule has 0 aliphatic heterocycles. The molecule has 0 N–H and O–H groups in total. The van der Waals surface area contributed by atoms with Crippen LogP contribution in [-0.2, 0) is 14.3 Å². The number of ether oxygens (including phenoxy) is 1. The molecule has 0 amide bonds. The van der Waals surface area contributed by atoms with Gasteiger partial charge in [-0.15, -0.1) is 6.58 Å². The van der Waals surface area contributed by atoms with Gasteiger partial charge in [0.05, 0.1) is 6.42 Å². The molecule has 1 unspecified atom stereocenters. The molecule has 1 aromatic carbocycles. The number of hydrogen-bond acceptors (Lipinski definition) is 3. The van der Waals surface area contributed by atoms with Crippen molar-refractivity contribution in [2.24, 2.45) is 0 Å². The van der Waals surface area contributed by atoms with Gasteiger partial charge in [-0.3, -0.25) is 4.79 Å². The van der Waals surface area contributed by atoms with E-state index in [0.717, 1.165) is 16.7 Å². The van der Waals surface area contributed by atoms with Crippen LogP contribution >= 0.6 is 0 Å². The molecule has 1 aliphatic carbocycles. The summed E-state index contributed by atoms with van der Waals surface area (Å²) in [5, 5.41) is 0. The van der Waals surface area contributed by atoms with E-state index in [2.05, 4.69) is 6.58 Å². The summed E-state index contributed by atoms with van der Waals surface area (Å²) in [5.41, 5.74) is 2.48. The first-order valence-corrected chi connectivity index (χ1v) is 6.89. The lowest BCUT2D eigenvalue weighted by Gasteiger charge is -2.11. The Bertz CT molecular complexity index is 609. The predicted octanol–water partition coefficient (Wildman–Crippen LogP) is 3.48. The van der Waals surface area contributed by atoms with Gasteiger partial charge in [-0.25, -0.2) is 4.79 Å². The molecule has 0 heterocycles. The molecule has 0 saturated carbocycles. The minimum absolute atomic E-state index is 0.0391. The number of rotatable bonds is 5. The average molecular weight is 282 g/mol. The lowest BCUT2D eigenvalue weighted by atomic mass is 10.1. The number of allylic oxidation sites excluding steroid dienone is 2. The summed E-state index contributed by atoms with van der Waals surface area (Å²) in [6.07, 6.45) is 5.09. The van der Waals surface area contributed by atoms with Gasteiger partial charge in [-0.2, -0.15) is 0 Å². The summed E-state index contributed by atoms with van der Waals surface area (Å²) < 4.78 is 5.35. The Balaban J connectivity index is 1.99. The number of ketones is 1. The summed E-state index contributed by atoms with van der Waals surface area (Å²) in [6, 6.07) is 9.51. The van der Waals surface area contributed by atoms with Crippen LogP contribution in [0.3, 0.4) is 0 Å². The molecular weight excluding hydrogens is 264 g/mol. The molecule has 1 aliphatic rings. The lowest BCUT2D eigenvalue weighted by molar-refractivity contribution is -0.141. The fourth-order valence-corrected chi connectivity index (χ4v) is 2.32. The van der Waals surface area contributed by atoms with Crippen molar-refractivity contribution in [1.82, 2.24) is 0 Å². The largest absolute Gasteiger partial charge is 0.454 e. The van der Waals surface area contributed by atoms with E-state index >= 15 is 0 Å². The van der Waals surface area contributed by atoms with Crippen LogP contribution in [0.1, 0.15) is 25.3 Å². The van der Waals surface area contributed by atoms with Gasteiger partial charge in [0.25, 0.3) is 0 Å². The third-order valence-electron chi connectivity index (χ3n) is 3.48. The van der Waals surface area contributed by atoms with E-state index in [1.54, 1.807) is 12.2 Å². The van der Waals surface area contributed by atoms with Crippen LogP contribution in [0.5, 0.6) is 0 Å². The normalized spacial score (nSPS) is 18.3. The standard InChI is InChI=1S/C18H18O3/c1-3-7-15-13(2)17(12-16(15)19)21-18(20)11-10-14-8-5-4-6-9-14/h3-6,8-11,17H,1,7,12H2,2H3. The summed E-state index contributed by atoms with van der Waals surface area (Å²) in [6.45, 7) is 5.47. The van der Waals surface area contributed by atoms with Crippen molar-refractivity contribution in [2.75, 3.05) is 0 Å². The molecule has 2 rings (SSSR count). The second kappa shape index (κ2) is 6.84. The first-order chi connectivity index (χ1) is 10.1. The molecular formula is C18H18O3. The molecule has 0 saturated heterocycles. The van der Waals surface area contributed by atoms with Gasteiger partial charge in [-0.05, 0) is 30.6 Å². The van der Waals surface area contributed by atoms with Crippen LogP contribution in [0.15, 0.2) is 60.2 Å². The zero-order valence-electron chi connectivity index (χ0n) is 12.0. The molecule has 3 heteroatoms. The number of benzene rings is 1. The number of hydrogen-bond donors (Lipinski definition) is 0. The van der Waals surface area contributed by atoms with Gasteiger partial charge < -0.3 is 4.74 Å². The van der Waals surface area contributed by atoms with E-state index in [4.69, 9.17) is 4.74 Å². The second-order valence-corrected chi connectivity index (χ2v) is 4.95. The molecule has 0 bridgehead atoms. The predicted molar refractivity (Wildman–Crippen MR) is 82.5 cm³/mol. The average Bonchev–Trinajstić information content (AvgIpc) is 2.74. The van der Waals surface area contributed by atoms with Gasteiger partial charge in [0.2, 0.25) is 0 Å². The molecule has 0 fully saturated rings. The Hall–Kier alpha value is -2.42. The van der Waals surface area contributed by atoms with Gasteiger partial charge in [-0.1, -0.05) is 36.4 Å². The van der Waals surface area contributed by atoms with Gasteiger partial charge in [0.1, 0.15) is 6.10 Å². The Kier molecular flexibility index (Phi) is 4.88. The van der Waals surface area contributed by atoms with Crippen LogP contribution < -0.4 is 0 Å². The van der Waals surface area contributed by atoms with Crippen LogP contribution in [0.2, 0.25) is 0 Å². The van der Waals surface area contributed by atoms with Gasteiger partial charge >= 0.3 is 5.97 Å². The lowest BCUT2D eigenvalue weighted by Crippen LogP contribution is -2.16. The number of Topliss-reactive ketones (excluding diaryl/α,β-unsaturated/α-hetero) is 1. The molecule has 0 aromatic heterocycles. The summed E-state index contributed by atoms with van der Waals surface area (Å²) in [7, 11) is 0. The number of carbonyl (C=O) groups is 2. The summed E-state index contributed by atoms with van der Waals surface area (Å²) >= 11 is 0. The molecule has 0 spiro atoms. The maximum atomic E-state index is 11.8. The Morgan fingerprint density at radius 3 is 2.76 bits per heavy atom. The number of carbonyl (C=O) groups excluding carboxylic acids is 2. The zero-order chi connectivity index (χ0) is 15.2. The highest BCUT2D eigenvalue weighted by Crippen LogP contribution is 2.28. The molecule has 1 aromatic rings. The topological polar surface area (TPSA) is 43.4 Å². The quantitative estimate of drug-likeness (QED) is 0.472. The Labute approximate surface area is 124 Å². The van der Waals surface area contributed by atoms with Crippen molar-refractivity contribution < 1.29 is 14.3 Å².